The summed E-state index contributed by atoms with van der Waals surface area (Å²) in [6.45, 7) is 3.39. The second-order valence-corrected chi connectivity index (χ2v) is 13.0. The van der Waals surface area contributed by atoms with Gasteiger partial charge in [-0.25, -0.2) is 13.1 Å². The van der Waals surface area contributed by atoms with Gasteiger partial charge in [0, 0.05) is 32.2 Å². The van der Waals surface area contributed by atoms with Gasteiger partial charge in [0.05, 0.1) is 38.2 Å². The maximum absolute atomic E-state index is 13.8. The molecule has 1 fully saturated rings. The van der Waals surface area contributed by atoms with Crippen LogP contribution in [0, 0.1) is 6.92 Å². The van der Waals surface area contributed by atoms with Crippen molar-refractivity contribution in [1.29, 1.82) is 0 Å². The van der Waals surface area contributed by atoms with E-state index in [2.05, 4.69) is 10.2 Å². The van der Waals surface area contributed by atoms with Crippen molar-refractivity contribution >= 4 is 56.2 Å². The number of hydrogen-bond donors (Lipinski definition) is 1. The first-order valence-electron chi connectivity index (χ1n) is 13.5. The number of anilines is 3. The number of amides is 1. The highest BCUT2D eigenvalue weighted by Gasteiger charge is 2.30. The molecule has 3 aromatic carbocycles. The smallest absolute Gasteiger partial charge is 0.296 e. The second kappa shape index (κ2) is 11.9. The van der Waals surface area contributed by atoms with Gasteiger partial charge in [-0.3, -0.25) is 18.6 Å². The van der Waals surface area contributed by atoms with Crippen LogP contribution in [0.4, 0.5) is 17.1 Å². The molecule has 0 saturated carbocycles. The highest BCUT2D eigenvalue weighted by atomic mass is 35.5. The van der Waals surface area contributed by atoms with Crippen LogP contribution in [0.5, 0.6) is 0 Å². The Morgan fingerprint density at radius 2 is 1.64 bits per heavy atom. The Morgan fingerprint density at radius 1 is 0.952 bits per heavy atom. The molecule has 2 heterocycles. The molecular formula is C30H31Cl2N5O4S. The molecule has 1 N–H and O–H groups in total. The monoisotopic (exact) mass is 627 g/mol. The summed E-state index contributed by atoms with van der Waals surface area (Å²) >= 11 is 12.7. The molecule has 1 aromatic heterocycles. The Hall–Kier alpha value is -3.73. The number of para-hydroxylation sites is 1. The van der Waals surface area contributed by atoms with E-state index in [0.717, 1.165) is 42.3 Å². The van der Waals surface area contributed by atoms with Gasteiger partial charge in [0.1, 0.15) is 5.69 Å². The zero-order valence-corrected chi connectivity index (χ0v) is 25.8. The molecule has 0 unspecified atom stereocenters. The van der Waals surface area contributed by atoms with Crippen molar-refractivity contribution in [2.24, 2.45) is 7.05 Å². The lowest BCUT2D eigenvalue weighted by Crippen LogP contribution is -2.32. The Labute approximate surface area is 254 Å². The fourth-order valence-corrected chi connectivity index (χ4v) is 6.89. The molecule has 0 bridgehead atoms. The summed E-state index contributed by atoms with van der Waals surface area (Å²) in [4.78, 5) is 29.0. The number of hydrogen-bond acceptors (Lipinski definition) is 5. The lowest BCUT2D eigenvalue weighted by atomic mass is 10.1. The van der Waals surface area contributed by atoms with Crippen LogP contribution < -0.4 is 20.1 Å². The van der Waals surface area contributed by atoms with Gasteiger partial charge < -0.3 is 10.2 Å². The summed E-state index contributed by atoms with van der Waals surface area (Å²) in [5.41, 5.74) is 1.87. The number of sulfonamides is 1. The minimum absolute atomic E-state index is 0.00703. The third-order valence-electron chi connectivity index (χ3n) is 7.58. The topological polar surface area (TPSA) is 96.7 Å². The van der Waals surface area contributed by atoms with Crippen LogP contribution in [0.1, 0.15) is 35.3 Å². The Kier molecular flexibility index (Phi) is 8.41. The van der Waals surface area contributed by atoms with Crippen molar-refractivity contribution in [3.8, 4) is 5.69 Å². The molecule has 1 aliphatic rings. The van der Waals surface area contributed by atoms with E-state index in [1.807, 2.05) is 12.1 Å². The molecule has 5 rings (SSSR count). The molecule has 1 saturated heterocycles. The number of piperidine rings is 1. The van der Waals surface area contributed by atoms with Gasteiger partial charge in [-0.2, -0.15) is 0 Å². The van der Waals surface area contributed by atoms with Gasteiger partial charge in [-0.1, -0.05) is 41.4 Å². The van der Waals surface area contributed by atoms with E-state index in [1.54, 1.807) is 55.1 Å². The maximum atomic E-state index is 13.8. The normalized spacial score (nSPS) is 13.7. The first kappa shape index (κ1) is 29.8. The standard InChI is InChI=1S/C30H31Cl2N5O4S/c1-20-28(30(39)37(34(20)2)22-10-6-4-7-11-22)35(3)42(40,41)23-13-14-25(32)24(19-23)29(38)33-26-18-21(31)12-15-27(26)36-16-8-5-9-17-36/h4,6-7,10-15,18-19H,5,8-9,16-17H2,1-3H3,(H,33,38). The van der Waals surface area contributed by atoms with Crippen molar-refractivity contribution in [1.82, 2.24) is 9.36 Å². The summed E-state index contributed by atoms with van der Waals surface area (Å²) in [5.74, 6) is -0.581. The van der Waals surface area contributed by atoms with Crippen molar-refractivity contribution in [2.75, 3.05) is 34.7 Å². The Balaban J connectivity index is 1.48. The van der Waals surface area contributed by atoms with Crippen molar-refractivity contribution in [3.05, 3.63) is 98.4 Å². The van der Waals surface area contributed by atoms with Crippen LogP contribution in [-0.4, -0.2) is 43.8 Å². The van der Waals surface area contributed by atoms with Crippen LogP contribution in [0.3, 0.4) is 0 Å². The molecule has 1 aliphatic heterocycles. The number of aromatic nitrogens is 2. The first-order chi connectivity index (χ1) is 20.0. The zero-order valence-electron chi connectivity index (χ0n) is 23.5. The summed E-state index contributed by atoms with van der Waals surface area (Å²) in [7, 11) is -1.26. The Morgan fingerprint density at radius 3 is 2.33 bits per heavy atom. The molecule has 0 atom stereocenters. The Bertz CT molecular complexity index is 1810. The van der Waals surface area contributed by atoms with Crippen molar-refractivity contribution in [2.45, 2.75) is 31.1 Å². The fourth-order valence-electron chi connectivity index (χ4n) is 5.24. The highest BCUT2D eigenvalue weighted by molar-refractivity contribution is 7.92. The van der Waals surface area contributed by atoms with Gasteiger partial charge in [-0.05, 0) is 74.7 Å². The number of halogens is 2. The van der Waals surface area contributed by atoms with Crippen LogP contribution >= 0.6 is 23.2 Å². The molecule has 0 spiro atoms. The van der Waals surface area contributed by atoms with Gasteiger partial charge in [0.2, 0.25) is 0 Å². The fraction of sp³-hybridized carbons (Fsp3) is 0.267. The second-order valence-electron chi connectivity index (χ2n) is 10.2. The van der Waals surface area contributed by atoms with Crippen molar-refractivity contribution in [3.63, 3.8) is 0 Å². The number of rotatable bonds is 7. The minimum Gasteiger partial charge on any atom is -0.370 e. The quantitative estimate of drug-likeness (QED) is 0.277. The lowest BCUT2D eigenvalue weighted by molar-refractivity contribution is 0.102. The van der Waals surface area contributed by atoms with Crippen LogP contribution in [0.15, 0.2) is 76.4 Å². The van der Waals surface area contributed by atoms with Crippen molar-refractivity contribution < 1.29 is 13.2 Å². The van der Waals surface area contributed by atoms with Crippen LogP contribution in [0.25, 0.3) is 5.69 Å². The first-order valence-corrected chi connectivity index (χ1v) is 15.7. The number of carbonyl (C=O) groups is 1. The van der Waals surface area contributed by atoms with E-state index in [0.29, 0.717) is 22.1 Å². The van der Waals surface area contributed by atoms with E-state index in [1.165, 1.54) is 29.9 Å². The predicted molar refractivity (Wildman–Crippen MR) is 168 cm³/mol. The van der Waals surface area contributed by atoms with Crippen LogP contribution in [0.2, 0.25) is 10.0 Å². The molecular weight excluding hydrogens is 597 g/mol. The number of nitrogens with zero attached hydrogens (tertiary/aromatic N) is 4. The highest BCUT2D eigenvalue weighted by Crippen LogP contribution is 2.33. The van der Waals surface area contributed by atoms with E-state index in [4.69, 9.17) is 23.2 Å². The predicted octanol–water partition coefficient (Wildman–Crippen LogP) is 5.86. The maximum Gasteiger partial charge on any atom is 0.296 e. The number of benzene rings is 3. The average Bonchev–Trinajstić information content (AvgIpc) is 3.20. The third-order valence-corrected chi connectivity index (χ3v) is 9.90. The molecule has 42 heavy (non-hydrogen) atoms. The summed E-state index contributed by atoms with van der Waals surface area (Å²) in [6, 6.07) is 18.2. The molecule has 9 nitrogen and oxygen atoms in total. The lowest BCUT2D eigenvalue weighted by Gasteiger charge is -2.30. The molecule has 1 amide bonds. The van der Waals surface area contributed by atoms with Gasteiger partial charge in [0.25, 0.3) is 21.5 Å². The molecule has 220 valence electrons. The molecule has 4 aromatic rings. The zero-order chi connectivity index (χ0) is 30.2. The molecule has 12 heteroatoms. The third kappa shape index (κ3) is 5.54. The average molecular weight is 629 g/mol. The van der Waals surface area contributed by atoms with Gasteiger partial charge in [-0.15, -0.1) is 0 Å². The summed E-state index contributed by atoms with van der Waals surface area (Å²) in [5, 5.41) is 3.41. The molecule has 0 aliphatic carbocycles. The summed E-state index contributed by atoms with van der Waals surface area (Å²) in [6.07, 6.45) is 3.25. The van der Waals surface area contributed by atoms with E-state index >= 15 is 0 Å². The van der Waals surface area contributed by atoms with Crippen LogP contribution in [-0.2, 0) is 17.1 Å². The summed E-state index contributed by atoms with van der Waals surface area (Å²) < 4.78 is 31.6. The van der Waals surface area contributed by atoms with Gasteiger partial charge in [0.15, 0.2) is 0 Å². The SMILES string of the molecule is Cc1c(N(C)S(=O)(=O)c2ccc(Cl)c(C(=O)Nc3cc(Cl)ccc3N3CCCCC3)c2)c(=O)n(-c2ccccc2)n1C. The molecule has 0 radical (unpaired) electrons. The number of nitrogens with one attached hydrogen (secondary N) is 1. The van der Waals surface area contributed by atoms with E-state index in [9.17, 15) is 18.0 Å². The number of carbonyl (C=O) groups excluding carboxylic acids is 1. The van der Waals surface area contributed by atoms with Gasteiger partial charge >= 0.3 is 0 Å². The van der Waals surface area contributed by atoms with E-state index in [-0.39, 0.29) is 21.2 Å². The largest absolute Gasteiger partial charge is 0.370 e. The van der Waals surface area contributed by atoms with E-state index < -0.39 is 21.5 Å². The minimum atomic E-state index is -4.26.